The van der Waals surface area contributed by atoms with Crippen molar-refractivity contribution in [2.75, 3.05) is 36.3 Å². The van der Waals surface area contributed by atoms with Crippen molar-refractivity contribution >= 4 is 17.8 Å². The molecule has 0 saturated carbocycles. The zero-order chi connectivity index (χ0) is 26.3. The van der Waals surface area contributed by atoms with Crippen molar-refractivity contribution in [3.05, 3.63) is 81.9 Å². The highest BCUT2D eigenvalue weighted by Gasteiger charge is 2.12. The summed E-state index contributed by atoms with van der Waals surface area (Å²) in [5, 5.41) is 16.0. The van der Waals surface area contributed by atoms with Crippen LogP contribution < -0.4 is 26.5 Å². The average molecular weight is 518 g/mol. The van der Waals surface area contributed by atoms with Crippen LogP contribution in [-0.4, -0.2) is 54.8 Å². The van der Waals surface area contributed by atoms with Gasteiger partial charge in [0, 0.05) is 19.6 Å². The molecule has 12 heteroatoms. The van der Waals surface area contributed by atoms with Gasteiger partial charge in [0.2, 0.25) is 23.7 Å². The van der Waals surface area contributed by atoms with E-state index in [2.05, 4.69) is 65.2 Å². The van der Waals surface area contributed by atoms with E-state index in [-0.39, 0.29) is 11.8 Å². The molecule has 1 aliphatic rings. The van der Waals surface area contributed by atoms with Crippen molar-refractivity contribution in [3.63, 3.8) is 0 Å². The van der Waals surface area contributed by atoms with Gasteiger partial charge < -0.3 is 20.5 Å². The molecular weight excluding hydrogens is 486 g/mol. The highest BCUT2D eigenvalue weighted by molar-refractivity contribution is 5.43. The molecule has 0 spiro atoms. The van der Waals surface area contributed by atoms with Crippen LogP contribution in [0, 0.1) is 0 Å². The second-order valence-corrected chi connectivity index (χ2v) is 9.09. The highest BCUT2D eigenvalue weighted by atomic mass is 16.5. The Morgan fingerprint density at radius 3 is 1.97 bits per heavy atom. The van der Waals surface area contributed by atoms with Gasteiger partial charge in [-0.05, 0) is 54.8 Å². The summed E-state index contributed by atoms with van der Waals surface area (Å²) in [5.41, 5.74) is 5.62. The molecule has 5 N–H and O–H groups in total. The highest BCUT2D eigenvalue weighted by Crippen LogP contribution is 2.16. The third-order valence-corrected chi connectivity index (χ3v) is 6.25. The van der Waals surface area contributed by atoms with E-state index in [0.717, 1.165) is 28.1 Å². The van der Waals surface area contributed by atoms with Crippen LogP contribution in [0.3, 0.4) is 0 Å². The van der Waals surface area contributed by atoms with Gasteiger partial charge in [-0.15, -0.1) is 0 Å². The molecule has 0 radical (unpaired) electrons. The molecule has 0 unspecified atom stereocenters. The first kappa shape index (κ1) is 25.1. The zero-order valence-corrected chi connectivity index (χ0v) is 21.1. The van der Waals surface area contributed by atoms with Gasteiger partial charge in [-0.3, -0.25) is 15.3 Å². The SMILES string of the molecule is COc1ccc(CNc2nc(NCc3ccc(CN4CCCC4)cc3)nc(Nn3cc(O)[nH]c3=O)n2)cc1. The van der Waals surface area contributed by atoms with E-state index < -0.39 is 5.69 Å². The first-order valence-electron chi connectivity index (χ1n) is 12.5. The molecule has 198 valence electrons. The van der Waals surface area contributed by atoms with Crippen molar-refractivity contribution in [3.8, 4) is 11.6 Å². The molecule has 1 aliphatic heterocycles. The van der Waals surface area contributed by atoms with Gasteiger partial charge in [-0.25, -0.2) is 9.47 Å². The number of benzene rings is 2. The van der Waals surface area contributed by atoms with Gasteiger partial charge in [0.15, 0.2) is 0 Å². The number of aromatic hydroxyl groups is 1. The summed E-state index contributed by atoms with van der Waals surface area (Å²) in [4.78, 5) is 30.0. The van der Waals surface area contributed by atoms with E-state index in [1.165, 1.54) is 37.7 Å². The molecule has 4 aromatic rings. The number of likely N-dealkylation sites (tertiary alicyclic amines) is 1. The fraction of sp³-hybridized carbons (Fsp3) is 0.308. The molecule has 0 bridgehead atoms. The van der Waals surface area contributed by atoms with Crippen molar-refractivity contribution in [2.24, 2.45) is 0 Å². The number of hydrogen-bond acceptors (Lipinski definition) is 10. The Morgan fingerprint density at radius 2 is 1.42 bits per heavy atom. The summed E-state index contributed by atoms with van der Waals surface area (Å²) in [6, 6.07) is 16.2. The first-order chi connectivity index (χ1) is 18.5. The van der Waals surface area contributed by atoms with Crippen LogP contribution in [-0.2, 0) is 19.6 Å². The van der Waals surface area contributed by atoms with Crippen molar-refractivity contribution < 1.29 is 9.84 Å². The number of hydrogen-bond donors (Lipinski definition) is 5. The van der Waals surface area contributed by atoms with Crippen LogP contribution >= 0.6 is 0 Å². The van der Waals surface area contributed by atoms with Crippen LogP contribution in [0.25, 0.3) is 0 Å². The summed E-state index contributed by atoms with van der Waals surface area (Å²) in [5.74, 6) is 1.27. The maximum atomic E-state index is 12.0. The second kappa shape index (κ2) is 11.6. The Bertz CT molecular complexity index is 1390. The molecule has 0 aliphatic carbocycles. The molecule has 0 amide bonds. The standard InChI is InChI=1S/C26H31N9O3/c1-38-21-10-8-19(9-11-21)15-28-24-30-23(31-25(32-24)33-35-17-22(36)29-26(35)37)27-14-18-4-6-20(7-5-18)16-34-12-2-3-13-34/h4-11,17,36H,2-3,12-16H2,1H3,(H,29,37)(H3,27,28,30,31,32,33). The number of nitrogens with zero attached hydrogens (tertiary/aromatic N) is 5. The molecule has 5 rings (SSSR count). The monoisotopic (exact) mass is 517 g/mol. The predicted molar refractivity (Wildman–Crippen MR) is 144 cm³/mol. The third kappa shape index (κ3) is 6.59. The van der Waals surface area contributed by atoms with Crippen molar-refractivity contribution in [2.45, 2.75) is 32.5 Å². The Balaban J connectivity index is 1.28. The number of H-pyrrole nitrogens is 1. The van der Waals surface area contributed by atoms with Gasteiger partial charge in [-0.1, -0.05) is 36.4 Å². The van der Waals surface area contributed by atoms with Crippen LogP contribution in [0.15, 0.2) is 59.5 Å². The number of ether oxygens (including phenoxy) is 1. The fourth-order valence-electron chi connectivity index (χ4n) is 4.22. The largest absolute Gasteiger partial charge is 0.497 e. The number of rotatable bonds is 11. The summed E-state index contributed by atoms with van der Waals surface area (Å²) in [7, 11) is 1.62. The summed E-state index contributed by atoms with van der Waals surface area (Å²) >= 11 is 0. The lowest BCUT2D eigenvalue weighted by molar-refractivity contribution is 0.331. The van der Waals surface area contributed by atoms with Gasteiger partial charge in [0.1, 0.15) is 5.75 Å². The van der Waals surface area contributed by atoms with Gasteiger partial charge >= 0.3 is 5.69 Å². The van der Waals surface area contributed by atoms with Crippen LogP contribution in [0.4, 0.5) is 17.8 Å². The van der Waals surface area contributed by atoms with Crippen LogP contribution in [0.1, 0.15) is 29.5 Å². The Labute approximate surface area is 219 Å². The number of aromatic nitrogens is 5. The minimum atomic E-state index is -0.556. The summed E-state index contributed by atoms with van der Waals surface area (Å²) in [6.45, 7) is 4.30. The average Bonchev–Trinajstić information content (AvgIpc) is 3.55. The maximum Gasteiger partial charge on any atom is 0.347 e. The van der Waals surface area contributed by atoms with Crippen LogP contribution in [0.5, 0.6) is 11.6 Å². The quantitative estimate of drug-likeness (QED) is 0.201. The first-order valence-corrected chi connectivity index (χ1v) is 12.5. The minimum absolute atomic E-state index is 0.127. The lowest BCUT2D eigenvalue weighted by Crippen LogP contribution is -2.24. The molecule has 2 aromatic heterocycles. The van der Waals surface area contributed by atoms with Gasteiger partial charge in [0.05, 0.1) is 13.3 Å². The van der Waals surface area contributed by atoms with E-state index >= 15 is 0 Å². The number of aromatic amines is 1. The molecule has 0 atom stereocenters. The van der Waals surface area contributed by atoms with E-state index in [9.17, 15) is 9.90 Å². The third-order valence-electron chi connectivity index (χ3n) is 6.25. The summed E-state index contributed by atoms with van der Waals surface area (Å²) in [6.07, 6.45) is 3.76. The Kier molecular flexibility index (Phi) is 7.69. The Morgan fingerprint density at radius 1 is 0.868 bits per heavy atom. The molecule has 1 saturated heterocycles. The fourth-order valence-corrected chi connectivity index (χ4v) is 4.22. The lowest BCUT2D eigenvalue weighted by atomic mass is 10.1. The molecule has 12 nitrogen and oxygen atoms in total. The Hall–Kier alpha value is -4.58. The van der Waals surface area contributed by atoms with Gasteiger partial charge in [-0.2, -0.15) is 15.0 Å². The smallest absolute Gasteiger partial charge is 0.347 e. The molecule has 38 heavy (non-hydrogen) atoms. The maximum absolute atomic E-state index is 12.0. The number of imidazole rings is 1. The normalized spacial score (nSPS) is 13.4. The van der Waals surface area contributed by atoms with E-state index in [1.807, 2.05) is 24.3 Å². The second-order valence-electron chi connectivity index (χ2n) is 9.09. The number of anilines is 3. The van der Waals surface area contributed by atoms with E-state index in [1.54, 1.807) is 7.11 Å². The number of methoxy groups -OCH3 is 1. The van der Waals surface area contributed by atoms with E-state index in [4.69, 9.17) is 4.74 Å². The molecule has 2 aromatic carbocycles. The van der Waals surface area contributed by atoms with Crippen LogP contribution in [0.2, 0.25) is 0 Å². The zero-order valence-electron chi connectivity index (χ0n) is 21.1. The lowest BCUT2D eigenvalue weighted by Gasteiger charge is -2.15. The van der Waals surface area contributed by atoms with Crippen molar-refractivity contribution in [1.29, 1.82) is 0 Å². The molecule has 3 heterocycles. The topological polar surface area (TPSA) is 145 Å². The summed E-state index contributed by atoms with van der Waals surface area (Å²) < 4.78 is 6.27. The van der Waals surface area contributed by atoms with Crippen molar-refractivity contribution in [1.82, 2.24) is 29.5 Å². The van der Waals surface area contributed by atoms with E-state index in [0.29, 0.717) is 25.0 Å². The molecular formula is C26H31N9O3. The molecule has 1 fully saturated rings. The number of nitrogens with one attached hydrogen (secondary N) is 4. The predicted octanol–water partition coefficient (Wildman–Crippen LogP) is 2.77. The van der Waals surface area contributed by atoms with Gasteiger partial charge in [0.25, 0.3) is 0 Å². The minimum Gasteiger partial charge on any atom is -0.497 e.